The second kappa shape index (κ2) is 3.40. The van der Waals surface area contributed by atoms with Gasteiger partial charge in [-0.05, 0) is 17.9 Å². The van der Waals surface area contributed by atoms with Crippen LogP contribution in [-0.4, -0.2) is 16.7 Å². The Kier molecular flexibility index (Phi) is 2.60. The normalized spacial score (nSPS) is 17.9. The molecule has 1 rings (SSSR count). The van der Waals surface area contributed by atoms with E-state index in [4.69, 9.17) is 0 Å². The molecule has 1 N–H and O–H groups in total. The van der Waals surface area contributed by atoms with Crippen molar-refractivity contribution in [2.45, 2.75) is 27.2 Å². The fourth-order valence-corrected chi connectivity index (χ4v) is 1.28. The lowest BCUT2D eigenvalue weighted by molar-refractivity contribution is -0.132. The third-order valence-corrected chi connectivity index (χ3v) is 2.65. The van der Waals surface area contributed by atoms with Crippen LogP contribution in [0.2, 0.25) is 0 Å². The van der Waals surface area contributed by atoms with E-state index in [1.165, 1.54) is 6.08 Å². The topological polar surface area (TPSA) is 54.4 Å². The number of carbonyl (C=O) groups is 2. The summed E-state index contributed by atoms with van der Waals surface area (Å²) in [4.78, 5) is 22.7. The maximum absolute atomic E-state index is 11.5. The highest BCUT2D eigenvalue weighted by molar-refractivity contribution is 6.48. The molecule has 0 fully saturated rings. The summed E-state index contributed by atoms with van der Waals surface area (Å²) in [5.74, 6) is -1.28. The smallest absolute Gasteiger partial charge is 0.229 e. The van der Waals surface area contributed by atoms with Gasteiger partial charge in [-0.3, -0.25) is 9.59 Å². The average Bonchev–Trinajstić information content (AvgIpc) is 2.11. The predicted molar refractivity (Wildman–Crippen MR) is 52.9 cm³/mol. The molecule has 76 valence electrons. The minimum absolute atomic E-state index is 0.133. The second-order valence-electron chi connectivity index (χ2n) is 4.06. The first-order valence-corrected chi connectivity index (χ1v) is 4.60. The van der Waals surface area contributed by atoms with Gasteiger partial charge < -0.3 is 5.11 Å². The molecule has 0 saturated heterocycles. The number of carbonyl (C=O) groups excluding carboxylic acids is 2. The Bertz CT molecular complexity index is 346. The highest BCUT2D eigenvalue weighted by Crippen LogP contribution is 2.32. The predicted octanol–water partition coefficient (Wildman–Crippen LogP) is 1.94. The van der Waals surface area contributed by atoms with E-state index in [0.29, 0.717) is 5.57 Å². The van der Waals surface area contributed by atoms with Crippen molar-refractivity contribution >= 4 is 11.6 Å². The second-order valence-corrected chi connectivity index (χ2v) is 4.06. The molecule has 0 aromatic carbocycles. The van der Waals surface area contributed by atoms with Crippen molar-refractivity contribution in [3.63, 3.8) is 0 Å². The van der Waals surface area contributed by atoms with Gasteiger partial charge in [-0.2, -0.15) is 0 Å². The summed E-state index contributed by atoms with van der Waals surface area (Å²) in [7, 11) is 0. The van der Waals surface area contributed by atoms with Crippen LogP contribution >= 0.6 is 0 Å². The van der Waals surface area contributed by atoms with Gasteiger partial charge in [0.05, 0.1) is 0 Å². The Labute approximate surface area is 83.1 Å². The van der Waals surface area contributed by atoms with Crippen LogP contribution in [-0.2, 0) is 9.59 Å². The summed E-state index contributed by atoms with van der Waals surface area (Å²) in [6.07, 6.45) is 3.08. The first-order valence-electron chi connectivity index (χ1n) is 4.60. The summed E-state index contributed by atoms with van der Waals surface area (Å²) in [6.45, 7) is 5.69. The number of ketones is 2. The zero-order chi connectivity index (χ0) is 10.9. The zero-order valence-corrected chi connectivity index (χ0v) is 8.63. The number of hydrogen-bond donors (Lipinski definition) is 1. The van der Waals surface area contributed by atoms with Crippen LogP contribution in [0.25, 0.3) is 0 Å². The molecule has 1 aliphatic rings. The van der Waals surface area contributed by atoms with Gasteiger partial charge in [-0.1, -0.05) is 20.8 Å². The summed E-state index contributed by atoms with van der Waals surface area (Å²) < 4.78 is 0. The molecule has 0 unspecified atom stereocenters. The first kappa shape index (κ1) is 10.7. The van der Waals surface area contributed by atoms with Crippen molar-refractivity contribution in [3.05, 3.63) is 23.5 Å². The van der Waals surface area contributed by atoms with Gasteiger partial charge in [0.1, 0.15) is 5.76 Å². The Morgan fingerprint density at radius 1 is 1.29 bits per heavy atom. The molecule has 3 nitrogen and oxygen atoms in total. The van der Waals surface area contributed by atoms with Crippen molar-refractivity contribution in [2.24, 2.45) is 5.41 Å². The van der Waals surface area contributed by atoms with E-state index in [0.717, 1.165) is 12.5 Å². The van der Waals surface area contributed by atoms with Crippen LogP contribution in [0.5, 0.6) is 0 Å². The molecular formula is C11H14O3. The van der Waals surface area contributed by atoms with Gasteiger partial charge in [0.15, 0.2) is 0 Å². The third-order valence-electron chi connectivity index (χ3n) is 2.65. The van der Waals surface area contributed by atoms with Crippen LogP contribution in [0.15, 0.2) is 23.5 Å². The maximum atomic E-state index is 11.5. The van der Waals surface area contributed by atoms with E-state index in [-0.39, 0.29) is 11.2 Å². The maximum Gasteiger partial charge on any atom is 0.229 e. The summed E-state index contributed by atoms with van der Waals surface area (Å²) >= 11 is 0. The molecule has 0 aromatic heterocycles. The van der Waals surface area contributed by atoms with Gasteiger partial charge in [-0.25, -0.2) is 0 Å². The molecule has 0 aliphatic heterocycles. The Balaban J connectivity index is 3.16. The molecule has 0 saturated carbocycles. The lowest BCUT2D eigenvalue weighted by atomic mass is 9.77. The minimum atomic E-state index is -0.637. The van der Waals surface area contributed by atoms with Crippen molar-refractivity contribution in [2.75, 3.05) is 0 Å². The summed E-state index contributed by atoms with van der Waals surface area (Å²) in [5.41, 5.74) is 0.0274. The van der Waals surface area contributed by atoms with E-state index in [9.17, 15) is 14.7 Å². The van der Waals surface area contributed by atoms with Crippen LogP contribution in [0.3, 0.4) is 0 Å². The number of hydrogen-bond acceptors (Lipinski definition) is 3. The van der Waals surface area contributed by atoms with Crippen molar-refractivity contribution in [3.8, 4) is 0 Å². The Morgan fingerprint density at radius 2 is 1.86 bits per heavy atom. The quantitative estimate of drug-likeness (QED) is 0.540. The summed E-state index contributed by atoms with van der Waals surface area (Å²) in [6, 6.07) is 0. The molecule has 0 spiro atoms. The monoisotopic (exact) mass is 194 g/mol. The van der Waals surface area contributed by atoms with Crippen LogP contribution in [0, 0.1) is 5.41 Å². The molecule has 1 aliphatic carbocycles. The average molecular weight is 194 g/mol. The van der Waals surface area contributed by atoms with Crippen LogP contribution < -0.4 is 0 Å². The molecule has 14 heavy (non-hydrogen) atoms. The number of rotatable bonds is 2. The van der Waals surface area contributed by atoms with Gasteiger partial charge in [0.25, 0.3) is 0 Å². The highest BCUT2D eigenvalue weighted by atomic mass is 16.3. The van der Waals surface area contributed by atoms with Gasteiger partial charge in [0, 0.05) is 11.6 Å². The lowest BCUT2D eigenvalue weighted by Gasteiger charge is -2.26. The van der Waals surface area contributed by atoms with Gasteiger partial charge in [-0.15, -0.1) is 0 Å². The van der Waals surface area contributed by atoms with Crippen LogP contribution in [0.4, 0.5) is 0 Å². The fraction of sp³-hybridized carbons (Fsp3) is 0.455. The number of aliphatic hydroxyl groups is 1. The van der Waals surface area contributed by atoms with E-state index >= 15 is 0 Å². The molecular weight excluding hydrogens is 180 g/mol. The molecule has 0 radical (unpaired) electrons. The van der Waals surface area contributed by atoms with Gasteiger partial charge in [0.2, 0.25) is 11.6 Å². The van der Waals surface area contributed by atoms with Crippen molar-refractivity contribution in [1.82, 2.24) is 0 Å². The number of allylic oxidation sites excluding steroid dienone is 3. The minimum Gasteiger partial charge on any atom is -0.508 e. The van der Waals surface area contributed by atoms with Gasteiger partial charge >= 0.3 is 0 Å². The Hall–Kier alpha value is -1.38. The third kappa shape index (κ3) is 1.76. The molecule has 0 amide bonds. The molecule has 3 heteroatoms. The molecule has 0 atom stereocenters. The first-order chi connectivity index (χ1) is 6.38. The Morgan fingerprint density at radius 3 is 2.36 bits per heavy atom. The highest BCUT2D eigenvalue weighted by Gasteiger charge is 2.32. The lowest BCUT2D eigenvalue weighted by Crippen LogP contribution is -2.28. The standard InChI is InChI=1S/C11H14O3/c1-4-11(2,3)8-5-7(12)6-9(13)10(8)14/h5-6,12H,4H2,1-3H3. The van der Waals surface area contributed by atoms with E-state index < -0.39 is 11.6 Å². The molecule has 0 heterocycles. The van der Waals surface area contributed by atoms with E-state index in [2.05, 4.69) is 0 Å². The summed E-state index contributed by atoms with van der Waals surface area (Å²) in [5, 5.41) is 9.24. The molecule has 0 aromatic rings. The van der Waals surface area contributed by atoms with E-state index in [1.54, 1.807) is 0 Å². The largest absolute Gasteiger partial charge is 0.508 e. The van der Waals surface area contributed by atoms with E-state index in [1.807, 2.05) is 20.8 Å². The van der Waals surface area contributed by atoms with Crippen molar-refractivity contribution < 1.29 is 14.7 Å². The number of Topliss-reactive ketones (excluding diaryl/α,β-unsaturated/α-hetero) is 1. The fourth-order valence-electron chi connectivity index (χ4n) is 1.28. The van der Waals surface area contributed by atoms with Crippen LogP contribution in [0.1, 0.15) is 27.2 Å². The molecule has 0 bridgehead atoms. The SMILES string of the molecule is CCC(C)(C)C1=CC(O)=CC(=O)C1=O. The van der Waals surface area contributed by atoms with Crippen molar-refractivity contribution in [1.29, 1.82) is 0 Å². The number of aliphatic hydroxyl groups excluding tert-OH is 1. The zero-order valence-electron chi connectivity index (χ0n) is 8.63.